The lowest BCUT2D eigenvalue weighted by molar-refractivity contribution is 0.0340. The van der Waals surface area contributed by atoms with Crippen molar-refractivity contribution in [2.45, 2.75) is 57.4 Å². The quantitative estimate of drug-likeness (QED) is 0.818. The maximum atomic E-state index is 5.51. The van der Waals surface area contributed by atoms with E-state index in [1.54, 1.807) is 14.2 Å². The predicted molar refractivity (Wildman–Crippen MR) is 97.3 cm³/mol. The van der Waals surface area contributed by atoms with Crippen molar-refractivity contribution in [3.05, 3.63) is 23.3 Å². The number of rotatable bonds is 4. The minimum atomic E-state index is 0. The van der Waals surface area contributed by atoms with Crippen LogP contribution in [-0.2, 0) is 12.8 Å². The van der Waals surface area contributed by atoms with Crippen molar-refractivity contribution in [2.24, 2.45) is 0 Å². The summed E-state index contributed by atoms with van der Waals surface area (Å²) in [5, 5.41) is 0. The monoisotopic (exact) mass is 339 g/mol. The van der Waals surface area contributed by atoms with Crippen LogP contribution >= 0.6 is 12.4 Å². The normalized spacial score (nSPS) is 24.0. The first kappa shape index (κ1) is 18.4. The van der Waals surface area contributed by atoms with Gasteiger partial charge in [-0.25, -0.2) is 0 Å². The smallest absolute Gasteiger partial charge is 0.161 e. The summed E-state index contributed by atoms with van der Waals surface area (Å²) < 4.78 is 11.0. The van der Waals surface area contributed by atoms with Crippen molar-refractivity contribution >= 4 is 12.4 Å². The molecule has 0 aromatic heterocycles. The van der Waals surface area contributed by atoms with E-state index in [1.165, 1.54) is 62.7 Å². The van der Waals surface area contributed by atoms with Gasteiger partial charge in [-0.2, -0.15) is 0 Å². The van der Waals surface area contributed by atoms with Crippen LogP contribution in [0.2, 0.25) is 0 Å². The third-order valence-electron chi connectivity index (χ3n) is 5.57. The molecule has 1 spiro atoms. The van der Waals surface area contributed by atoms with Gasteiger partial charge in [0.1, 0.15) is 0 Å². The number of ether oxygens (including phenoxy) is 2. The molecule has 23 heavy (non-hydrogen) atoms. The van der Waals surface area contributed by atoms with Gasteiger partial charge in [-0.05, 0) is 74.9 Å². The Morgan fingerprint density at radius 3 is 2.39 bits per heavy atom. The highest BCUT2D eigenvalue weighted by atomic mass is 35.5. The molecule has 130 valence electrons. The lowest BCUT2D eigenvalue weighted by Crippen LogP contribution is -2.55. The average Bonchev–Trinajstić information content (AvgIpc) is 2.56. The summed E-state index contributed by atoms with van der Waals surface area (Å²) in [7, 11) is 3.45. The topological polar surface area (TPSA) is 21.7 Å². The fraction of sp³-hybridized carbons (Fsp3) is 0.684. The number of fused-ring (bicyclic) bond motifs is 1. The maximum Gasteiger partial charge on any atom is 0.161 e. The first-order valence-electron chi connectivity index (χ1n) is 8.71. The number of likely N-dealkylation sites (tertiary alicyclic amines) is 1. The number of hydrogen-bond acceptors (Lipinski definition) is 3. The molecule has 1 aromatic carbocycles. The summed E-state index contributed by atoms with van der Waals surface area (Å²) in [5.41, 5.74) is 3.30. The standard InChI is InChI=1S/C19H29NO2.ClH/c1-4-10-20-11-6-5-8-19(20)9-7-15-12-17(21-2)18(22-3)13-16(15)14-19;/h12-13H,4-11,14H2,1-3H3;1H. The van der Waals surface area contributed by atoms with Gasteiger partial charge in [-0.15, -0.1) is 12.4 Å². The highest BCUT2D eigenvalue weighted by molar-refractivity contribution is 5.85. The number of aryl methyl sites for hydroxylation is 1. The molecule has 1 atom stereocenters. The van der Waals surface area contributed by atoms with Crippen molar-refractivity contribution in [2.75, 3.05) is 27.3 Å². The van der Waals surface area contributed by atoms with Crippen LogP contribution in [0, 0.1) is 0 Å². The molecule has 1 saturated heterocycles. The third-order valence-corrected chi connectivity index (χ3v) is 5.57. The molecule has 1 aliphatic heterocycles. The Kier molecular flexibility index (Phi) is 6.21. The Morgan fingerprint density at radius 2 is 1.74 bits per heavy atom. The zero-order valence-electron chi connectivity index (χ0n) is 14.7. The van der Waals surface area contributed by atoms with E-state index >= 15 is 0 Å². The molecule has 3 nitrogen and oxygen atoms in total. The van der Waals surface area contributed by atoms with E-state index in [4.69, 9.17) is 9.47 Å². The van der Waals surface area contributed by atoms with Gasteiger partial charge >= 0.3 is 0 Å². The first-order valence-corrected chi connectivity index (χ1v) is 8.71. The van der Waals surface area contributed by atoms with Crippen LogP contribution in [0.3, 0.4) is 0 Å². The minimum absolute atomic E-state index is 0. The first-order chi connectivity index (χ1) is 10.7. The molecule has 0 amide bonds. The molecule has 0 bridgehead atoms. The van der Waals surface area contributed by atoms with Crippen LogP contribution in [0.15, 0.2) is 12.1 Å². The van der Waals surface area contributed by atoms with Crippen LogP contribution in [0.5, 0.6) is 11.5 Å². The number of hydrogen-bond donors (Lipinski definition) is 0. The fourth-order valence-electron chi connectivity index (χ4n) is 4.42. The van der Waals surface area contributed by atoms with Gasteiger partial charge in [0.15, 0.2) is 11.5 Å². The molecule has 2 aliphatic rings. The van der Waals surface area contributed by atoms with E-state index in [0.29, 0.717) is 5.54 Å². The summed E-state index contributed by atoms with van der Waals surface area (Å²) >= 11 is 0. The maximum absolute atomic E-state index is 5.51. The molecule has 1 fully saturated rings. The average molecular weight is 340 g/mol. The molecule has 1 aliphatic carbocycles. The largest absolute Gasteiger partial charge is 0.493 e. The van der Waals surface area contributed by atoms with E-state index in [9.17, 15) is 0 Å². The van der Waals surface area contributed by atoms with Crippen molar-refractivity contribution in [3.8, 4) is 11.5 Å². The van der Waals surface area contributed by atoms with Gasteiger partial charge in [-0.3, -0.25) is 4.90 Å². The second-order valence-corrected chi connectivity index (χ2v) is 6.82. The molecule has 1 unspecified atom stereocenters. The van der Waals surface area contributed by atoms with Crippen LogP contribution in [0.25, 0.3) is 0 Å². The number of benzene rings is 1. The van der Waals surface area contributed by atoms with Crippen molar-refractivity contribution < 1.29 is 9.47 Å². The van der Waals surface area contributed by atoms with E-state index in [-0.39, 0.29) is 12.4 Å². The summed E-state index contributed by atoms with van der Waals surface area (Å²) in [6.07, 6.45) is 8.96. The summed E-state index contributed by atoms with van der Waals surface area (Å²) in [6.45, 7) is 4.81. The number of piperidine rings is 1. The summed E-state index contributed by atoms with van der Waals surface area (Å²) in [4.78, 5) is 2.77. The molecule has 1 heterocycles. The molecule has 0 radical (unpaired) electrons. The number of methoxy groups -OCH3 is 2. The van der Waals surface area contributed by atoms with E-state index in [1.807, 2.05) is 0 Å². The third kappa shape index (κ3) is 3.46. The highest BCUT2D eigenvalue weighted by Crippen LogP contribution is 2.42. The molecular formula is C19H30ClNO2. The Bertz CT molecular complexity index is 532. The van der Waals surface area contributed by atoms with Crippen LogP contribution in [0.4, 0.5) is 0 Å². The lowest BCUT2D eigenvalue weighted by Gasteiger charge is -2.50. The van der Waals surface area contributed by atoms with E-state index < -0.39 is 0 Å². The van der Waals surface area contributed by atoms with Gasteiger partial charge in [0, 0.05) is 5.54 Å². The van der Waals surface area contributed by atoms with Crippen molar-refractivity contribution in [1.29, 1.82) is 0 Å². The van der Waals surface area contributed by atoms with E-state index in [2.05, 4.69) is 24.0 Å². The molecule has 4 heteroatoms. The zero-order chi connectivity index (χ0) is 15.6. The fourth-order valence-corrected chi connectivity index (χ4v) is 4.42. The van der Waals surface area contributed by atoms with Gasteiger partial charge in [0.25, 0.3) is 0 Å². The molecule has 1 aromatic rings. The number of halogens is 1. The van der Waals surface area contributed by atoms with Gasteiger partial charge < -0.3 is 9.47 Å². The summed E-state index contributed by atoms with van der Waals surface area (Å²) in [5.74, 6) is 1.74. The molecule has 0 N–H and O–H groups in total. The SMILES string of the molecule is CCCN1CCCCC12CCc1cc(OC)c(OC)cc1C2.Cl. The Labute approximate surface area is 146 Å². The predicted octanol–water partition coefficient (Wildman–Crippen LogP) is 4.25. The lowest BCUT2D eigenvalue weighted by atomic mass is 9.72. The second kappa shape index (κ2) is 7.76. The van der Waals surface area contributed by atoms with Crippen LogP contribution < -0.4 is 9.47 Å². The molecule has 0 saturated carbocycles. The Morgan fingerprint density at radius 1 is 1.04 bits per heavy atom. The van der Waals surface area contributed by atoms with Crippen LogP contribution in [-0.4, -0.2) is 37.7 Å². The molecule has 3 rings (SSSR count). The van der Waals surface area contributed by atoms with Crippen molar-refractivity contribution in [1.82, 2.24) is 4.90 Å². The minimum Gasteiger partial charge on any atom is -0.493 e. The summed E-state index contributed by atoms with van der Waals surface area (Å²) in [6, 6.07) is 4.40. The van der Waals surface area contributed by atoms with E-state index in [0.717, 1.165) is 17.9 Å². The Hall–Kier alpha value is -0.930. The Balaban J connectivity index is 0.00000192. The molecular weight excluding hydrogens is 310 g/mol. The second-order valence-electron chi connectivity index (χ2n) is 6.82. The van der Waals surface area contributed by atoms with Crippen molar-refractivity contribution in [3.63, 3.8) is 0 Å². The highest BCUT2D eigenvalue weighted by Gasteiger charge is 2.41. The van der Waals surface area contributed by atoms with Gasteiger partial charge in [0.05, 0.1) is 14.2 Å². The number of nitrogens with zero attached hydrogens (tertiary/aromatic N) is 1. The van der Waals surface area contributed by atoms with Gasteiger partial charge in [0.2, 0.25) is 0 Å². The van der Waals surface area contributed by atoms with Gasteiger partial charge in [-0.1, -0.05) is 13.3 Å². The van der Waals surface area contributed by atoms with Crippen LogP contribution in [0.1, 0.15) is 50.2 Å². The zero-order valence-corrected chi connectivity index (χ0v) is 15.5.